The van der Waals surface area contributed by atoms with Crippen molar-refractivity contribution in [1.29, 1.82) is 5.26 Å². The number of rotatable bonds is 0. The van der Waals surface area contributed by atoms with E-state index < -0.39 is 0 Å². The van der Waals surface area contributed by atoms with E-state index >= 15 is 0 Å². The molecule has 0 saturated heterocycles. The minimum absolute atomic E-state index is 0.100. The van der Waals surface area contributed by atoms with E-state index in [1.165, 1.54) is 0 Å². The molecular formula is C17H15N5O2. The van der Waals surface area contributed by atoms with Gasteiger partial charge >= 0.3 is 0 Å². The molecule has 0 saturated carbocycles. The van der Waals surface area contributed by atoms with Crippen LogP contribution in [0.3, 0.4) is 0 Å². The molecule has 0 unspecified atom stereocenters. The van der Waals surface area contributed by atoms with Gasteiger partial charge in [-0.1, -0.05) is 24.3 Å². The lowest BCUT2D eigenvalue weighted by Crippen LogP contribution is -2.07. The lowest BCUT2D eigenvalue weighted by molar-refractivity contribution is 0.248. The molecule has 2 aromatic carbocycles. The maximum Gasteiger partial charge on any atom is 0.270 e. The number of nitrogens with zero attached hydrogens (tertiary/aromatic N) is 4. The SMILES string of the molecule is N#C/C1=N\Nc2ccccc2OCCCOc2ccccc2N=N1. The highest BCUT2D eigenvalue weighted by Crippen LogP contribution is 2.28. The number of para-hydroxylation sites is 3. The molecule has 120 valence electrons. The molecule has 0 atom stereocenters. The van der Waals surface area contributed by atoms with Crippen molar-refractivity contribution in [3.05, 3.63) is 48.5 Å². The topological polar surface area (TPSA) is 91.4 Å². The molecule has 0 bridgehead atoms. The van der Waals surface area contributed by atoms with Crippen LogP contribution in [0.5, 0.6) is 11.5 Å². The summed E-state index contributed by atoms with van der Waals surface area (Å²) in [5.74, 6) is 1.15. The highest BCUT2D eigenvalue weighted by molar-refractivity contribution is 5.97. The van der Waals surface area contributed by atoms with Gasteiger partial charge in [-0.2, -0.15) is 5.26 Å². The zero-order chi connectivity index (χ0) is 16.6. The van der Waals surface area contributed by atoms with Crippen LogP contribution >= 0.6 is 0 Å². The predicted octanol–water partition coefficient (Wildman–Crippen LogP) is 3.88. The summed E-state index contributed by atoms with van der Waals surface area (Å²) in [6.07, 6.45) is 0.715. The number of azo groups is 1. The average Bonchev–Trinajstić information content (AvgIpc) is 2.63. The van der Waals surface area contributed by atoms with Crippen molar-refractivity contribution in [2.75, 3.05) is 18.6 Å². The van der Waals surface area contributed by atoms with Gasteiger partial charge in [-0.25, -0.2) is 0 Å². The van der Waals surface area contributed by atoms with Crippen LogP contribution in [0.25, 0.3) is 0 Å². The molecule has 1 aliphatic heterocycles. The molecule has 0 aliphatic carbocycles. The first kappa shape index (κ1) is 15.5. The number of ether oxygens (including phenoxy) is 2. The minimum atomic E-state index is -0.100. The van der Waals surface area contributed by atoms with Gasteiger partial charge in [0.15, 0.2) is 0 Å². The lowest BCUT2D eigenvalue weighted by atomic mass is 10.3. The van der Waals surface area contributed by atoms with E-state index in [-0.39, 0.29) is 5.84 Å². The highest BCUT2D eigenvalue weighted by atomic mass is 16.5. The molecule has 0 amide bonds. The van der Waals surface area contributed by atoms with Gasteiger partial charge < -0.3 is 9.47 Å². The monoisotopic (exact) mass is 321 g/mol. The third kappa shape index (κ3) is 3.87. The van der Waals surface area contributed by atoms with Crippen LogP contribution < -0.4 is 14.9 Å². The van der Waals surface area contributed by atoms with E-state index in [1.54, 1.807) is 12.1 Å². The molecule has 7 heteroatoms. The second-order valence-electron chi connectivity index (χ2n) is 4.87. The number of benzene rings is 2. The Labute approximate surface area is 139 Å². The fourth-order valence-electron chi connectivity index (χ4n) is 2.05. The zero-order valence-corrected chi connectivity index (χ0v) is 12.8. The molecule has 1 heterocycles. The number of hydrazone groups is 1. The Hall–Kier alpha value is -3.40. The number of nitrogens with one attached hydrogen (secondary N) is 1. The second-order valence-corrected chi connectivity index (χ2v) is 4.87. The Bertz CT molecular complexity index is 811. The van der Waals surface area contributed by atoms with Crippen molar-refractivity contribution in [3.8, 4) is 17.6 Å². The molecule has 3 rings (SSSR count). The first-order valence-corrected chi connectivity index (χ1v) is 7.46. The summed E-state index contributed by atoms with van der Waals surface area (Å²) in [5.41, 5.74) is 3.99. The van der Waals surface area contributed by atoms with Crippen molar-refractivity contribution in [2.45, 2.75) is 6.42 Å². The number of hydrogen-bond acceptors (Lipinski definition) is 7. The Balaban J connectivity index is 1.92. The summed E-state index contributed by atoms with van der Waals surface area (Å²) in [5, 5.41) is 21.1. The number of hydrogen-bond donors (Lipinski definition) is 1. The van der Waals surface area contributed by atoms with Crippen molar-refractivity contribution < 1.29 is 9.47 Å². The van der Waals surface area contributed by atoms with Crippen molar-refractivity contribution in [2.24, 2.45) is 15.3 Å². The van der Waals surface area contributed by atoms with Crippen LogP contribution in [0.15, 0.2) is 63.9 Å². The fourth-order valence-corrected chi connectivity index (χ4v) is 2.05. The quantitative estimate of drug-likeness (QED) is 0.797. The van der Waals surface area contributed by atoms with Crippen molar-refractivity contribution in [3.63, 3.8) is 0 Å². The highest BCUT2D eigenvalue weighted by Gasteiger charge is 2.06. The van der Waals surface area contributed by atoms with Gasteiger partial charge in [0.05, 0.1) is 18.9 Å². The van der Waals surface area contributed by atoms with E-state index in [4.69, 9.17) is 14.7 Å². The molecule has 1 aliphatic rings. The molecule has 0 radical (unpaired) electrons. The first-order valence-electron chi connectivity index (χ1n) is 7.46. The number of nitriles is 1. The van der Waals surface area contributed by atoms with Gasteiger partial charge in [0.2, 0.25) is 0 Å². The summed E-state index contributed by atoms with van der Waals surface area (Å²) in [6.45, 7) is 0.985. The van der Waals surface area contributed by atoms with E-state index in [9.17, 15) is 0 Å². The van der Waals surface area contributed by atoms with E-state index in [2.05, 4.69) is 20.8 Å². The molecule has 24 heavy (non-hydrogen) atoms. The van der Waals surface area contributed by atoms with Gasteiger partial charge in [-0.15, -0.1) is 15.3 Å². The van der Waals surface area contributed by atoms with Crippen molar-refractivity contribution in [1.82, 2.24) is 0 Å². The smallest absolute Gasteiger partial charge is 0.270 e. The molecule has 2 aromatic rings. The van der Waals surface area contributed by atoms with Gasteiger partial charge in [0.1, 0.15) is 23.3 Å². The molecule has 0 aromatic heterocycles. The normalized spacial score (nSPS) is 16.5. The van der Waals surface area contributed by atoms with Crippen LogP contribution in [0.1, 0.15) is 6.42 Å². The minimum Gasteiger partial charge on any atom is -0.491 e. The summed E-state index contributed by atoms with van der Waals surface area (Å²) in [4.78, 5) is 0. The fraction of sp³-hybridized carbons (Fsp3) is 0.176. The molecule has 1 N–H and O–H groups in total. The third-order valence-electron chi connectivity index (χ3n) is 3.19. The van der Waals surface area contributed by atoms with E-state index in [1.807, 2.05) is 42.5 Å². The Morgan fingerprint density at radius 1 is 0.917 bits per heavy atom. The Morgan fingerprint density at radius 3 is 2.46 bits per heavy atom. The Morgan fingerprint density at radius 2 is 1.62 bits per heavy atom. The maximum atomic E-state index is 9.16. The molecule has 0 spiro atoms. The summed E-state index contributed by atoms with van der Waals surface area (Å²) in [7, 11) is 0. The van der Waals surface area contributed by atoms with Gasteiger partial charge in [-0.3, -0.25) is 5.43 Å². The average molecular weight is 321 g/mol. The third-order valence-corrected chi connectivity index (χ3v) is 3.19. The van der Waals surface area contributed by atoms with E-state index in [0.717, 1.165) is 0 Å². The van der Waals surface area contributed by atoms with Crippen molar-refractivity contribution >= 4 is 17.2 Å². The molecular weight excluding hydrogens is 306 g/mol. The molecule has 0 fully saturated rings. The summed E-state index contributed by atoms with van der Waals surface area (Å²) >= 11 is 0. The van der Waals surface area contributed by atoms with Gasteiger partial charge in [0, 0.05) is 6.42 Å². The Kier molecular flexibility index (Phi) is 5.00. The summed E-state index contributed by atoms with van der Waals surface area (Å²) < 4.78 is 11.5. The first-order chi connectivity index (χ1) is 11.9. The second kappa shape index (κ2) is 7.74. The van der Waals surface area contributed by atoms with Crippen LogP contribution in [0, 0.1) is 11.3 Å². The van der Waals surface area contributed by atoms with Gasteiger partial charge in [0.25, 0.3) is 5.84 Å². The number of anilines is 1. The zero-order valence-electron chi connectivity index (χ0n) is 12.8. The van der Waals surface area contributed by atoms with Crippen LogP contribution in [0.2, 0.25) is 0 Å². The lowest BCUT2D eigenvalue weighted by Gasteiger charge is -2.12. The predicted molar refractivity (Wildman–Crippen MR) is 89.7 cm³/mol. The number of fused-ring (bicyclic) bond motifs is 2. The largest absolute Gasteiger partial charge is 0.491 e. The molecule has 7 nitrogen and oxygen atoms in total. The van der Waals surface area contributed by atoms with Crippen LogP contribution in [0.4, 0.5) is 11.4 Å². The van der Waals surface area contributed by atoms with Crippen LogP contribution in [-0.4, -0.2) is 19.0 Å². The summed E-state index contributed by atoms with van der Waals surface area (Å²) in [6, 6.07) is 16.5. The van der Waals surface area contributed by atoms with E-state index in [0.29, 0.717) is 42.5 Å². The number of amidine groups is 1. The van der Waals surface area contributed by atoms with Gasteiger partial charge in [-0.05, 0) is 24.3 Å². The van der Waals surface area contributed by atoms with Crippen LogP contribution in [-0.2, 0) is 0 Å². The standard InChI is InChI=1S/C17H15N5O2/c18-12-17-21-19-13-6-1-3-8-15(13)23-10-5-11-24-16-9-4-2-7-14(16)20-22-17/h1-4,6-9,19H,5,10-11H2/b21-17+,22-20?. The maximum absolute atomic E-state index is 9.16.